The van der Waals surface area contributed by atoms with Crippen molar-refractivity contribution in [2.24, 2.45) is 5.73 Å². The number of primary amides is 1. The Morgan fingerprint density at radius 2 is 2.10 bits per heavy atom. The first-order valence-electron chi connectivity index (χ1n) is 6.79. The molecule has 3 heterocycles. The van der Waals surface area contributed by atoms with E-state index in [-0.39, 0.29) is 5.69 Å². The molecule has 0 saturated heterocycles. The van der Waals surface area contributed by atoms with Crippen molar-refractivity contribution in [2.45, 2.75) is 19.9 Å². The summed E-state index contributed by atoms with van der Waals surface area (Å²) in [5, 5.41) is 0. The second-order valence-electron chi connectivity index (χ2n) is 5.21. The van der Waals surface area contributed by atoms with E-state index in [4.69, 9.17) is 5.73 Å². The maximum absolute atomic E-state index is 11.5. The third-order valence-corrected chi connectivity index (χ3v) is 3.48. The molecule has 5 heteroatoms. The Balaban J connectivity index is 2.22. The van der Waals surface area contributed by atoms with E-state index in [1.54, 1.807) is 18.5 Å². The lowest BCUT2D eigenvalue weighted by molar-refractivity contribution is 0.0996. The molecule has 0 radical (unpaired) electrons. The van der Waals surface area contributed by atoms with Crippen LogP contribution in [0.25, 0.3) is 22.2 Å². The number of hydrogen-bond acceptors (Lipinski definition) is 3. The minimum absolute atomic E-state index is 0.265. The highest BCUT2D eigenvalue weighted by Gasteiger charge is 2.13. The highest BCUT2D eigenvalue weighted by molar-refractivity contribution is 5.98. The molecule has 0 unspecified atom stereocenters. The van der Waals surface area contributed by atoms with Crippen LogP contribution in [0.15, 0.2) is 42.9 Å². The van der Waals surface area contributed by atoms with Gasteiger partial charge in [-0.1, -0.05) is 6.07 Å². The molecule has 0 aliphatic heterocycles. The van der Waals surface area contributed by atoms with Gasteiger partial charge in [0, 0.05) is 35.8 Å². The van der Waals surface area contributed by atoms with Crippen LogP contribution in [-0.4, -0.2) is 20.4 Å². The summed E-state index contributed by atoms with van der Waals surface area (Å²) in [4.78, 5) is 20.0. The minimum Gasteiger partial charge on any atom is -0.364 e. The molecule has 21 heavy (non-hydrogen) atoms. The molecule has 106 valence electrons. The standard InChI is InChI=1S/C16H16N4O/c1-10(2)20-7-5-13-14(20)8-11(9-19-13)12-4-3-6-18-15(12)16(17)21/h3-10H,1-2H3,(H2,17,21). The second kappa shape index (κ2) is 5.01. The Kier molecular flexibility index (Phi) is 3.17. The molecule has 3 aromatic heterocycles. The Labute approximate surface area is 122 Å². The zero-order chi connectivity index (χ0) is 15.0. The van der Waals surface area contributed by atoms with E-state index < -0.39 is 5.91 Å². The third-order valence-electron chi connectivity index (χ3n) is 3.48. The summed E-state index contributed by atoms with van der Waals surface area (Å²) in [5.41, 5.74) is 9.16. The molecule has 3 aromatic rings. The molecule has 0 aliphatic rings. The van der Waals surface area contributed by atoms with Gasteiger partial charge in [0.25, 0.3) is 5.91 Å². The molecule has 5 nitrogen and oxygen atoms in total. The van der Waals surface area contributed by atoms with Gasteiger partial charge >= 0.3 is 0 Å². The van der Waals surface area contributed by atoms with Crippen molar-refractivity contribution in [1.29, 1.82) is 0 Å². The molecule has 3 rings (SSSR count). The number of hydrogen-bond donors (Lipinski definition) is 1. The molecular formula is C16H16N4O. The van der Waals surface area contributed by atoms with Crippen LogP contribution in [0.2, 0.25) is 0 Å². The van der Waals surface area contributed by atoms with Crippen LogP contribution in [0.3, 0.4) is 0 Å². The fourth-order valence-electron chi connectivity index (χ4n) is 2.46. The van der Waals surface area contributed by atoms with Gasteiger partial charge in [0.1, 0.15) is 5.69 Å². The topological polar surface area (TPSA) is 73.8 Å². The predicted molar refractivity (Wildman–Crippen MR) is 81.9 cm³/mol. The van der Waals surface area contributed by atoms with E-state index in [9.17, 15) is 4.79 Å². The molecule has 0 atom stereocenters. The van der Waals surface area contributed by atoms with Gasteiger partial charge < -0.3 is 10.3 Å². The lowest BCUT2D eigenvalue weighted by Gasteiger charge is -2.10. The number of nitrogens with zero attached hydrogens (tertiary/aromatic N) is 3. The second-order valence-corrected chi connectivity index (χ2v) is 5.21. The van der Waals surface area contributed by atoms with Crippen molar-refractivity contribution in [3.8, 4) is 11.1 Å². The summed E-state index contributed by atoms with van der Waals surface area (Å²) >= 11 is 0. The molecule has 0 aliphatic carbocycles. The summed E-state index contributed by atoms with van der Waals surface area (Å²) in [6.45, 7) is 4.23. The van der Waals surface area contributed by atoms with Gasteiger partial charge in [-0.15, -0.1) is 0 Å². The van der Waals surface area contributed by atoms with Gasteiger partial charge in [-0.3, -0.25) is 14.8 Å². The SMILES string of the molecule is CC(C)n1ccc2ncc(-c3cccnc3C(N)=O)cc21. The molecule has 1 amide bonds. The first-order chi connectivity index (χ1) is 10.1. The summed E-state index contributed by atoms with van der Waals surface area (Å²) in [5.74, 6) is -0.537. The highest BCUT2D eigenvalue weighted by Crippen LogP contribution is 2.26. The zero-order valence-corrected chi connectivity index (χ0v) is 11.9. The quantitative estimate of drug-likeness (QED) is 0.801. The Hall–Kier alpha value is -2.69. The Morgan fingerprint density at radius 3 is 2.81 bits per heavy atom. The fourth-order valence-corrected chi connectivity index (χ4v) is 2.46. The average molecular weight is 280 g/mol. The number of rotatable bonds is 3. The van der Waals surface area contributed by atoms with E-state index in [2.05, 4.69) is 28.4 Å². The van der Waals surface area contributed by atoms with Gasteiger partial charge in [-0.2, -0.15) is 0 Å². The van der Waals surface area contributed by atoms with Crippen molar-refractivity contribution < 1.29 is 4.79 Å². The van der Waals surface area contributed by atoms with Crippen molar-refractivity contribution in [2.75, 3.05) is 0 Å². The van der Waals surface area contributed by atoms with Gasteiger partial charge in [-0.25, -0.2) is 0 Å². The van der Waals surface area contributed by atoms with E-state index in [1.165, 1.54) is 0 Å². The van der Waals surface area contributed by atoms with Crippen molar-refractivity contribution in [3.63, 3.8) is 0 Å². The Bertz CT molecular complexity index is 820. The molecular weight excluding hydrogens is 264 g/mol. The average Bonchev–Trinajstić information content (AvgIpc) is 2.90. The van der Waals surface area contributed by atoms with E-state index in [0.29, 0.717) is 11.6 Å². The van der Waals surface area contributed by atoms with Crippen LogP contribution in [0.4, 0.5) is 0 Å². The first-order valence-corrected chi connectivity index (χ1v) is 6.79. The Morgan fingerprint density at radius 1 is 1.29 bits per heavy atom. The van der Waals surface area contributed by atoms with Crippen LogP contribution in [0.1, 0.15) is 30.4 Å². The smallest absolute Gasteiger partial charge is 0.267 e. The third kappa shape index (κ3) is 2.27. The number of amides is 1. The lowest BCUT2D eigenvalue weighted by atomic mass is 10.1. The molecule has 0 spiro atoms. The minimum atomic E-state index is -0.537. The maximum Gasteiger partial charge on any atom is 0.267 e. The molecule has 0 saturated carbocycles. The zero-order valence-electron chi connectivity index (χ0n) is 11.9. The lowest BCUT2D eigenvalue weighted by Crippen LogP contribution is -2.14. The van der Waals surface area contributed by atoms with E-state index >= 15 is 0 Å². The number of carbonyl (C=O) groups is 1. The molecule has 2 N–H and O–H groups in total. The summed E-state index contributed by atoms with van der Waals surface area (Å²) < 4.78 is 2.14. The van der Waals surface area contributed by atoms with E-state index in [1.807, 2.05) is 24.4 Å². The fraction of sp³-hybridized carbons (Fsp3) is 0.188. The van der Waals surface area contributed by atoms with Crippen LogP contribution >= 0.6 is 0 Å². The first kappa shape index (κ1) is 13.3. The van der Waals surface area contributed by atoms with Crippen LogP contribution in [-0.2, 0) is 0 Å². The summed E-state index contributed by atoms with van der Waals surface area (Å²) in [6, 6.07) is 7.96. The summed E-state index contributed by atoms with van der Waals surface area (Å²) in [6.07, 6.45) is 5.33. The largest absolute Gasteiger partial charge is 0.364 e. The van der Waals surface area contributed by atoms with Crippen LogP contribution < -0.4 is 5.73 Å². The number of nitrogens with two attached hydrogens (primary N) is 1. The van der Waals surface area contributed by atoms with Gasteiger partial charge in [0.2, 0.25) is 0 Å². The van der Waals surface area contributed by atoms with Crippen molar-refractivity contribution >= 4 is 16.9 Å². The molecule has 0 bridgehead atoms. The number of fused-ring (bicyclic) bond motifs is 1. The predicted octanol–water partition coefficient (Wildman–Crippen LogP) is 2.78. The number of aromatic nitrogens is 3. The number of pyridine rings is 2. The van der Waals surface area contributed by atoms with Gasteiger partial charge in [-0.05, 0) is 32.0 Å². The molecule has 0 aromatic carbocycles. The van der Waals surface area contributed by atoms with Crippen LogP contribution in [0.5, 0.6) is 0 Å². The van der Waals surface area contributed by atoms with Crippen molar-refractivity contribution in [3.05, 3.63) is 48.5 Å². The maximum atomic E-state index is 11.5. The highest BCUT2D eigenvalue weighted by atomic mass is 16.1. The van der Waals surface area contributed by atoms with Gasteiger partial charge in [0.15, 0.2) is 0 Å². The van der Waals surface area contributed by atoms with Crippen LogP contribution in [0, 0.1) is 0 Å². The summed E-state index contributed by atoms with van der Waals surface area (Å²) in [7, 11) is 0. The monoisotopic (exact) mass is 280 g/mol. The molecule has 0 fully saturated rings. The number of carbonyl (C=O) groups excluding carboxylic acids is 1. The normalized spacial score (nSPS) is 11.2. The van der Waals surface area contributed by atoms with Gasteiger partial charge in [0.05, 0.1) is 11.0 Å². The van der Waals surface area contributed by atoms with E-state index in [0.717, 1.165) is 16.6 Å². The van der Waals surface area contributed by atoms with Crippen molar-refractivity contribution in [1.82, 2.24) is 14.5 Å².